The molecule has 21 heavy (non-hydrogen) atoms. The zero-order valence-electron chi connectivity index (χ0n) is 12.7. The van der Waals surface area contributed by atoms with Gasteiger partial charge in [0.05, 0.1) is 17.2 Å². The fraction of sp³-hybridized carbons (Fsp3) is 0.412. The number of carbonyl (C=O) groups is 1. The van der Waals surface area contributed by atoms with E-state index in [1.807, 2.05) is 30.0 Å². The molecule has 3 nitrogen and oxygen atoms in total. The standard InChI is InChI=1S/C17H20N2OS/c1-11-4-5-14(8-12(11)2)17(20)19(16-6-7-16)9-15-10-21-13(3)18-15/h4-5,8,10,16H,6-7,9H2,1-3H3. The summed E-state index contributed by atoms with van der Waals surface area (Å²) in [6.07, 6.45) is 2.22. The van der Waals surface area contributed by atoms with E-state index >= 15 is 0 Å². The Balaban J connectivity index is 1.83. The first-order valence-corrected chi connectivity index (χ1v) is 8.22. The fourth-order valence-electron chi connectivity index (χ4n) is 2.45. The zero-order chi connectivity index (χ0) is 15.0. The Labute approximate surface area is 129 Å². The van der Waals surface area contributed by atoms with E-state index in [-0.39, 0.29) is 5.91 Å². The summed E-state index contributed by atoms with van der Waals surface area (Å²) in [6, 6.07) is 6.35. The van der Waals surface area contributed by atoms with Gasteiger partial charge in [-0.1, -0.05) is 6.07 Å². The van der Waals surface area contributed by atoms with Crippen molar-refractivity contribution in [1.29, 1.82) is 0 Å². The number of hydrogen-bond acceptors (Lipinski definition) is 3. The molecule has 0 saturated heterocycles. The fourth-order valence-corrected chi connectivity index (χ4v) is 3.05. The first-order chi connectivity index (χ1) is 10.0. The van der Waals surface area contributed by atoms with Gasteiger partial charge in [-0.15, -0.1) is 11.3 Å². The SMILES string of the molecule is Cc1nc(CN(C(=O)c2ccc(C)c(C)c2)C2CC2)cs1. The van der Waals surface area contributed by atoms with Gasteiger partial charge in [0.1, 0.15) is 0 Å². The van der Waals surface area contributed by atoms with Gasteiger partial charge < -0.3 is 4.90 Å². The molecule has 1 amide bonds. The van der Waals surface area contributed by atoms with Gasteiger partial charge in [-0.3, -0.25) is 4.79 Å². The highest BCUT2D eigenvalue weighted by Crippen LogP contribution is 2.30. The van der Waals surface area contributed by atoms with Crippen LogP contribution < -0.4 is 0 Å². The second-order valence-electron chi connectivity index (χ2n) is 5.82. The predicted molar refractivity (Wildman–Crippen MR) is 85.7 cm³/mol. The van der Waals surface area contributed by atoms with Gasteiger partial charge >= 0.3 is 0 Å². The lowest BCUT2D eigenvalue weighted by Gasteiger charge is -2.22. The smallest absolute Gasteiger partial charge is 0.254 e. The van der Waals surface area contributed by atoms with Gasteiger partial charge in [-0.05, 0) is 56.9 Å². The van der Waals surface area contributed by atoms with Crippen molar-refractivity contribution in [3.05, 3.63) is 51.0 Å². The number of rotatable bonds is 4. The maximum atomic E-state index is 12.8. The Bertz CT molecular complexity index is 673. The number of thiazole rings is 1. The molecule has 0 bridgehead atoms. The maximum absolute atomic E-state index is 12.8. The molecule has 0 spiro atoms. The molecule has 110 valence electrons. The highest BCUT2D eigenvalue weighted by molar-refractivity contribution is 7.09. The van der Waals surface area contributed by atoms with Crippen molar-refractivity contribution in [3.63, 3.8) is 0 Å². The molecule has 1 saturated carbocycles. The molecule has 1 aliphatic rings. The van der Waals surface area contributed by atoms with Crippen molar-refractivity contribution in [2.45, 2.75) is 46.2 Å². The van der Waals surface area contributed by atoms with E-state index < -0.39 is 0 Å². The average Bonchev–Trinajstić information content (AvgIpc) is 3.21. The summed E-state index contributed by atoms with van der Waals surface area (Å²) in [5.41, 5.74) is 4.18. The van der Waals surface area contributed by atoms with Crippen molar-refractivity contribution in [2.75, 3.05) is 0 Å². The monoisotopic (exact) mass is 300 g/mol. The average molecular weight is 300 g/mol. The van der Waals surface area contributed by atoms with Crippen molar-refractivity contribution < 1.29 is 4.79 Å². The summed E-state index contributed by atoms with van der Waals surface area (Å²) in [4.78, 5) is 19.3. The van der Waals surface area contributed by atoms with E-state index in [0.29, 0.717) is 12.6 Å². The number of aryl methyl sites for hydroxylation is 3. The number of amides is 1. The third-order valence-electron chi connectivity index (χ3n) is 4.00. The first-order valence-electron chi connectivity index (χ1n) is 7.34. The molecular weight excluding hydrogens is 280 g/mol. The van der Waals surface area contributed by atoms with Crippen LogP contribution in [0.3, 0.4) is 0 Å². The Morgan fingerprint density at radius 3 is 2.62 bits per heavy atom. The lowest BCUT2D eigenvalue weighted by molar-refractivity contribution is 0.0728. The predicted octanol–water partition coefficient (Wildman–Crippen LogP) is 3.87. The highest BCUT2D eigenvalue weighted by atomic mass is 32.1. The minimum absolute atomic E-state index is 0.131. The van der Waals surface area contributed by atoms with E-state index in [2.05, 4.69) is 24.2 Å². The van der Waals surface area contributed by atoms with Gasteiger partial charge in [0.25, 0.3) is 5.91 Å². The lowest BCUT2D eigenvalue weighted by Crippen LogP contribution is -2.32. The molecule has 0 aliphatic heterocycles. The molecule has 1 heterocycles. The quantitative estimate of drug-likeness (QED) is 0.858. The molecule has 4 heteroatoms. The molecule has 1 aromatic carbocycles. The van der Waals surface area contributed by atoms with Crippen LogP contribution in [0.1, 0.15) is 45.0 Å². The first kappa shape index (κ1) is 14.3. The Morgan fingerprint density at radius 2 is 2.05 bits per heavy atom. The van der Waals surface area contributed by atoms with Crippen LogP contribution >= 0.6 is 11.3 Å². The van der Waals surface area contributed by atoms with Crippen molar-refractivity contribution in [3.8, 4) is 0 Å². The van der Waals surface area contributed by atoms with Crippen LogP contribution in [0.4, 0.5) is 0 Å². The van der Waals surface area contributed by atoms with Crippen LogP contribution in [-0.4, -0.2) is 21.8 Å². The zero-order valence-corrected chi connectivity index (χ0v) is 13.5. The van der Waals surface area contributed by atoms with Gasteiger partial charge in [0.15, 0.2) is 0 Å². The third-order valence-corrected chi connectivity index (χ3v) is 4.82. The maximum Gasteiger partial charge on any atom is 0.254 e. The van der Waals surface area contributed by atoms with Crippen LogP contribution in [0.15, 0.2) is 23.6 Å². The molecule has 0 radical (unpaired) electrons. The summed E-state index contributed by atoms with van der Waals surface area (Å²) >= 11 is 1.64. The Hall–Kier alpha value is -1.68. The van der Waals surface area contributed by atoms with E-state index in [4.69, 9.17) is 0 Å². The summed E-state index contributed by atoms with van der Waals surface area (Å²) < 4.78 is 0. The number of nitrogens with zero attached hydrogens (tertiary/aromatic N) is 2. The molecule has 1 fully saturated rings. The molecule has 0 atom stereocenters. The summed E-state index contributed by atoms with van der Waals surface area (Å²) in [7, 11) is 0. The van der Waals surface area contributed by atoms with Crippen molar-refractivity contribution in [1.82, 2.24) is 9.88 Å². The molecule has 2 aromatic rings. The summed E-state index contributed by atoms with van der Waals surface area (Å²) in [6.45, 7) is 6.75. The van der Waals surface area contributed by atoms with E-state index in [9.17, 15) is 4.79 Å². The second kappa shape index (κ2) is 5.60. The van der Waals surface area contributed by atoms with Crippen LogP contribution in [-0.2, 0) is 6.54 Å². The minimum atomic E-state index is 0.131. The molecule has 0 N–H and O–H groups in total. The Kier molecular flexibility index (Phi) is 3.81. The number of aromatic nitrogens is 1. The molecule has 1 aliphatic carbocycles. The van der Waals surface area contributed by atoms with Gasteiger partial charge in [-0.25, -0.2) is 4.98 Å². The largest absolute Gasteiger partial charge is 0.330 e. The molecular formula is C17H20N2OS. The van der Waals surface area contributed by atoms with Crippen LogP contribution in [0.5, 0.6) is 0 Å². The summed E-state index contributed by atoms with van der Waals surface area (Å²) in [5, 5.41) is 3.11. The second-order valence-corrected chi connectivity index (χ2v) is 6.88. The topological polar surface area (TPSA) is 33.2 Å². The van der Waals surface area contributed by atoms with Gasteiger partial charge in [0.2, 0.25) is 0 Å². The third kappa shape index (κ3) is 3.16. The minimum Gasteiger partial charge on any atom is -0.330 e. The normalized spacial score (nSPS) is 14.2. The number of carbonyl (C=O) groups excluding carboxylic acids is 1. The van der Waals surface area contributed by atoms with Crippen LogP contribution in [0, 0.1) is 20.8 Å². The van der Waals surface area contributed by atoms with Crippen LogP contribution in [0.25, 0.3) is 0 Å². The number of benzene rings is 1. The van der Waals surface area contributed by atoms with Crippen molar-refractivity contribution in [2.24, 2.45) is 0 Å². The summed E-state index contributed by atoms with van der Waals surface area (Å²) in [5.74, 6) is 0.131. The lowest BCUT2D eigenvalue weighted by atomic mass is 10.1. The van der Waals surface area contributed by atoms with Crippen molar-refractivity contribution >= 4 is 17.2 Å². The Morgan fingerprint density at radius 1 is 1.29 bits per heavy atom. The van der Waals surface area contributed by atoms with E-state index in [1.165, 1.54) is 11.1 Å². The molecule has 1 aromatic heterocycles. The van der Waals surface area contributed by atoms with E-state index in [0.717, 1.165) is 29.1 Å². The van der Waals surface area contributed by atoms with E-state index in [1.54, 1.807) is 11.3 Å². The number of hydrogen-bond donors (Lipinski definition) is 0. The molecule has 0 unspecified atom stereocenters. The highest BCUT2D eigenvalue weighted by Gasteiger charge is 2.33. The van der Waals surface area contributed by atoms with Gasteiger partial charge in [-0.2, -0.15) is 0 Å². The molecule has 3 rings (SSSR count). The van der Waals surface area contributed by atoms with Crippen LogP contribution in [0.2, 0.25) is 0 Å². The van der Waals surface area contributed by atoms with Gasteiger partial charge in [0, 0.05) is 17.0 Å².